The molecule has 0 radical (unpaired) electrons. The predicted molar refractivity (Wildman–Crippen MR) is 147 cm³/mol. The number of carbonyl (C=O) groups excluding carboxylic acids is 3. The fourth-order valence-electron chi connectivity index (χ4n) is 4.37. The van der Waals surface area contributed by atoms with Crippen LogP contribution in [0.15, 0.2) is 30.5 Å². The number of amides is 3. The molecule has 0 bridgehead atoms. The highest BCUT2D eigenvalue weighted by Gasteiger charge is 2.32. The van der Waals surface area contributed by atoms with Gasteiger partial charge in [-0.3, -0.25) is 14.4 Å². The van der Waals surface area contributed by atoms with Gasteiger partial charge >= 0.3 is 5.97 Å². The van der Waals surface area contributed by atoms with Gasteiger partial charge in [-0.2, -0.15) is 0 Å². The number of carboxylic acids is 1. The lowest BCUT2D eigenvalue weighted by Gasteiger charge is -2.27. The number of aromatic amines is 1. The monoisotopic (exact) mass is 529 g/mol. The molecule has 10 nitrogen and oxygen atoms in total. The molecule has 1 aromatic carbocycles. The molecule has 0 saturated carbocycles. The third-order valence-corrected chi connectivity index (χ3v) is 6.36. The Labute approximate surface area is 224 Å². The number of carbonyl (C=O) groups is 4. The van der Waals surface area contributed by atoms with Gasteiger partial charge in [0, 0.05) is 23.5 Å². The second-order valence-corrected chi connectivity index (χ2v) is 11.1. The SMILES string of the molecule is CC(C)CC(N)C(=O)NC(Cc1c[nH]c2ccccc12)C(=O)NC(CC(C)C)C(=O)NC(C(=O)O)C(C)C. The number of aliphatic carboxylic acids is 1. The largest absolute Gasteiger partial charge is 0.480 e. The molecular formula is C28H43N5O5. The highest BCUT2D eigenvalue weighted by Crippen LogP contribution is 2.19. The van der Waals surface area contributed by atoms with E-state index in [1.165, 1.54) is 0 Å². The van der Waals surface area contributed by atoms with Crippen LogP contribution in [0.4, 0.5) is 0 Å². The molecule has 0 spiro atoms. The van der Waals surface area contributed by atoms with Crippen LogP contribution in [-0.4, -0.2) is 57.9 Å². The van der Waals surface area contributed by atoms with Crippen LogP contribution in [0.2, 0.25) is 0 Å². The number of nitrogens with one attached hydrogen (secondary N) is 4. The van der Waals surface area contributed by atoms with Gasteiger partial charge in [0.25, 0.3) is 0 Å². The number of para-hydroxylation sites is 1. The first-order chi connectivity index (χ1) is 17.8. The third kappa shape index (κ3) is 8.86. The van der Waals surface area contributed by atoms with E-state index in [9.17, 15) is 24.3 Å². The zero-order chi connectivity index (χ0) is 28.6. The first-order valence-corrected chi connectivity index (χ1v) is 13.2. The Morgan fingerprint density at radius 3 is 2.00 bits per heavy atom. The molecule has 0 aliphatic heterocycles. The van der Waals surface area contributed by atoms with Crippen LogP contribution in [0.25, 0.3) is 10.9 Å². The Morgan fingerprint density at radius 2 is 1.42 bits per heavy atom. The molecule has 0 aliphatic carbocycles. The molecule has 1 aromatic heterocycles. The van der Waals surface area contributed by atoms with E-state index in [1.807, 2.05) is 52.0 Å². The van der Waals surface area contributed by atoms with Gasteiger partial charge in [0.15, 0.2) is 0 Å². The van der Waals surface area contributed by atoms with E-state index >= 15 is 0 Å². The number of rotatable bonds is 14. The maximum Gasteiger partial charge on any atom is 0.326 e. The van der Waals surface area contributed by atoms with E-state index in [2.05, 4.69) is 20.9 Å². The van der Waals surface area contributed by atoms with Crippen LogP contribution in [0.3, 0.4) is 0 Å². The summed E-state index contributed by atoms with van der Waals surface area (Å²) in [6, 6.07) is 3.78. The van der Waals surface area contributed by atoms with Gasteiger partial charge in [0.1, 0.15) is 18.1 Å². The molecule has 4 atom stereocenters. The van der Waals surface area contributed by atoms with Gasteiger partial charge in [-0.25, -0.2) is 4.79 Å². The van der Waals surface area contributed by atoms with Crippen molar-refractivity contribution in [3.63, 3.8) is 0 Å². The molecule has 0 fully saturated rings. The lowest BCUT2D eigenvalue weighted by atomic mass is 9.99. The minimum atomic E-state index is -1.15. The Bertz CT molecular complexity index is 1110. The summed E-state index contributed by atoms with van der Waals surface area (Å²) in [5.74, 6) is -2.84. The molecule has 0 aliphatic rings. The Balaban J connectivity index is 2.31. The van der Waals surface area contributed by atoms with Crippen LogP contribution in [0.5, 0.6) is 0 Å². The minimum absolute atomic E-state index is 0.0366. The molecule has 1 heterocycles. The molecule has 2 aromatic rings. The normalized spacial score (nSPS) is 14.8. The van der Waals surface area contributed by atoms with Crippen molar-refractivity contribution in [3.05, 3.63) is 36.0 Å². The van der Waals surface area contributed by atoms with Gasteiger partial charge < -0.3 is 31.8 Å². The number of H-pyrrole nitrogens is 1. The molecule has 210 valence electrons. The summed E-state index contributed by atoms with van der Waals surface area (Å²) in [5, 5.41) is 18.5. The van der Waals surface area contributed by atoms with Crippen molar-refractivity contribution in [1.82, 2.24) is 20.9 Å². The van der Waals surface area contributed by atoms with E-state index in [-0.39, 0.29) is 24.2 Å². The molecule has 0 saturated heterocycles. The van der Waals surface area contributed by atoms with Gasteiger partial charge in [0.05, 0.1) is 6.04 Å². The van der Waals surface area contributed by atoms with Crippen LogP contribution >= 0.6 is 0 Å². The number of hydrogen-bond acceptors (Lipinski definition) is 5. The standard InChI is InChI=1S/C28H43N5O5/c1-15(2)11-20(29)25(34)31-23(13-18-14-30-21-10-8-7-9-19(18)21)26(35)32-22(12-16(3)4)27(36)33-24(17(5)6)28(37)38/h7-10,14-17,20,22-24,30H,11-13,29H2,1-6H3,(H,31,34)(H,32,35)(H,33,36)(H,37,38). The van der Waals surface area contributed by atoms with E-state index in [4.69, 9.17) is 5.73 Å². The number of fused-ring (bicyclic) bond motifs is 1. The molecule has 38 heavy (non-hydrogen) atoms. The second kappa shape index (κ2) is 13.9. The van der Waals surface area contributed by atoms with Crippen molar-refractivity contribution in [1.29, 1.82) is 0 Å². The second-order valence-electron chi connectivity index (χ2n) is 11.1. The van der Waals surface area contributed by atoms with Crippen LogP contribution in [-0.2, 0) is 25.6 Å². The highest BCUT2D eigenvalue weighted by molar-refractivity contribution is 5.95. The fraction of sp³-hybridized carbons (Fsp3) is 0.571. The van der Waals surface area contributed by atoms with E-state index < -0.39 is 47.9 Å². The molecule has 4 unspecified atom stereocenters. The molecule has 10 heteroatoms. The summed E-state index contributed by atoms with van der Waals surface area (Å²) in [6.45, 7) is 11.1. The van der Waals surface area contributed by atoms with Gasteiger partial charge in [-0.05, 0) is 42.2 Å². The molecule has 3 amide bonds. The average molecular weight is 530 g/mol. The van der Waals surface area contributed by atoms with Crippen LogP contribution in [0.1, 0.15) is 59.9 Å². The third-order valence-electron chi connectivity index (χ3n) is 6.36. The average Bonchev–Trinajstić information content (AvgIpc) is 3.23. The van der Waals surface area contributed by atoms with Crippen molar-refractivity contribution in [2.45, 2.75) is 85.0 Å². The maximum atomic E-state index is 13.6. The zero-order valence-electron chi connectivity index (χ0n) is 23.2. The van der Waals surface area contributed by atoms with E-state index in [0.29, 0.717) is 12.8 Å². The van der Waals surface area contributed by atoms with Gasteiger partial charge in [0.2, 0.25) is 17.7 Å². The van der Waals surface area contributed by atoms with E-state index in [1.54, 1.807) is 20.0 Å². The maximum absolute atomic E-state index is 13.6. The molecule has 2 rings (SSSR count). The fourth-order valence-corrected chi connectivity index (χ4v) is 4.37. The number of carboxylic acid groups (broad SMARTS) is 1. The Hall–Kier alpha value is -3.40. The summed E-state index contributed by atoms with van der Waals surface area (Å²) >= 11 is 0. The van der Waals surface area contributed by atoms with E-state index in [0.717, 1.165) is 16.5 Å². The number of hydrogen-bond donors (Lipinski definition) is 6. The van der Waals surface area contributed by atoms with Crippen molar-refractivity contribution >= 4 is 34.6 Å². The van der Waals surface area contributed by atoms with Crippen molar-refractivity contribution in [2.75, 3.05) is 0 Å². The first-order valence-electron chi connectivity index (χ1n) is 13.2. The quantitative estimate of drug-likeness (QED) is 0.220. The lowest BCUT2D eigenvalue weighted by molar-refractivity contribution is -0.143. The summed E-state index contributed by atoms with van der Waals surface area (Å²) < 4.78 is 0. The first kappa shape index (κ1) is 30.8. The summed E-state index contributed by atoms with van der Waals surface area (Å²) in [7, 11) is 0. The van der Waals surface area contributed by atoms with Gasteiger partial charge in [-0.15, -0.1) is 0 Å². The number of aromatic nitrogens is 1. The molecule has 7 N–H and O–H groups in total. The highest BCUT2D eigenvalue weighted by atomic mass is 16.4. The Kier molecular flexibility index (Phi) is 11.3. The van der Waals surface area contributed by atoms with Crippen molar-refractivity contribution in [2.24, 2.45) is 23.5 Å². The number of nitrogens with two attached hydrogens (primary N) is 1. The summed E-state index contributed by atoms with van der Waals surface area (Å²) in [6.07, 6.45) is 2.72. The zero-order valence-corrected chi connectivity index (χ0v) is 23.2. The van der Waals surface area contributed by atoms with Crippen molar-refractivity contribution < 1.29 is 24.3 Å². The van der Waals surface area contributed by atoms with Crippen LogP contribution < -0.4 is 21.7 Å². The summed E-state index contributed by atoms with van der Waals surface area (Å²) in [5.41, 5.74) is 7.81. The minimum Gasteiger partial charge on any atom is -0.480 e. The smallest absolute Gasteiger partial charge is 0.326 e. The predicted octanol–water partition coefficient (Wildman–Crippen LogP) is 2.32. The van der Waals surface area contributed by atoms with Gasteiger partial charge in [-0.1, -0.05) is 59.7 Å². The summed E-state index contributed by atoms with van der Waals surface area (Å²) in [4.78, 5) is 54.4. The number of benzene rings is 1. The van der Waals surface area contributed by atoms with Crippen LogP contribution in [0, 0.1) is 17.8 Å². The topological polar surface area (TPSA) is 166 Å². The lowest BCUT2D eigenvalue weighted by Crippen LogP contribution is -2.58. The Morgan fingerprint density at radius 1 is 0.842 bits per heavy atom. The van der Waals surface area contributed by atoms with Crippen molar-refractivity contribution in [3.8, 4) is 0 Å². The molecular weight excluding hydrogens is 486 g/mol.